The molecule has 0 aliphatic heterocycles. The molecule has 188 valence electrons. The van der Waals surface area contributed by atoms with Gasteiger partial charge in [-0.25, -0.2) is 8.42 Å². The number of sulfone groups is 1. The van der Waals surface area contributed by atoms with E-state index in [4.69, 9.17) is 0 Å². The van der Waals surface area contributed by atoms with E-state index in [2.05, 4.69) is 5.32 Å². The van der Waals surface area contributed by atoms with E-state index < -0.39 is 32.9 Å². The fourth-order valence-electron chi connectivity index (χ4n) is 3.91. The zero-order valence-electron chi connectivity index (χ0n) is 20.2. The van der Waals surface area contributed by atoms with Crippen molar-refractivity contribution in [2.45, 2.75) is 38.8 Å². The van der Waals surface area contributed by atoms with E-state index in [1.54, 1.807) is 6.92 Å². The molecule has 3 aromatic carbocycles. The normalized spacial score (nSPS) is 12.2. The summed E-state index contributed by atoms with van der Waals surface area (Å²) in [6.07, 6.45) is -4.60. The number of nitrogens with zero attached hydrogens (tertiary/aromatic N) is 1. The minimum absolute atomic E-state index is 0.0377. The molecule has 0 fully saturated rings. The molecule has 3 rings (SSSR count). The van der Waals surface area contributed by atoms with Gasteiger partial charge in [0.05, 0.1) is 27.8 Å². The summed E-state index contributed by atoms with van der Waals surface area (Å²) in [5.74, 6) is -0.599. The van der Waals surface area contributed by atoms with Crippen molar-refractivity contribution in [3.05, 3.63) is 82.9 Å². The molecule has 0 aliphatic carbocycles. The molecule has 1 amide bonds. The molecule has 0 saturated carbocycles. The van der Waals surface area contributed by atoms with E-state index in [9.17, 15) is 31.6 Å². The number of nitriles is 1. The number of hydrogen-bond acceptors (Lipinski definition) is 4. The van der Waals surface area contributed by atoms with E-state index in [1.807, 2.05) is 26.8 Å². The summed E-state index contributed by atoms with van der Waals surface area (Å²) in [6, 6.07) is 15.2. The Morgan fingerprint density at radius 2 is 1.64 bits per heavy atom. The van der Waals surface area contributed by atoms with Crippen LogP contribution in [0.4, 0.5) is 18.9 Å². The maximum Gasteiger partial charge on any atom is 0.417 e. The summed E-state index contributed by atoms with van der Waals surface area (Å²) in [5.41, 5.74) is -0.552. The van der Waals surface area contributed by atoms with Gasteiger partial charge in [-0.1, -0.05) is 45.0 Å². The molecule has 0 atom stereocenters. The lowest BCUT2D eigenvalue weighted by molar-refractivity contribution is -0.137. The lowest BCUT2D eigenvalue weighted by Gasteiger charge is -2.19. The standard InChI is InChI=1S/C27H25F3N2O3S/c1-17-13-18(9-12-24(17)36(34,35)16-26(2,3)4)25(33)32-20-10-11-21(19(14-20)15-31)22-7-5-6-8-23(22)27(28,29)30/h5-14H,16H2,1-4H3,(H,32,33). The second kappa shape index (κ2) is 9.78. The number of aryl methyl sites for hydroxylation is 1. The lowest BCUT2D eigenvalue weighted by Crippen LogP contribution is -2.21. The first-order valence-electron chi connectivity index (χ1n) is 11.0. The number of carbonyl (C=O) groups excluding carboxylic acids is 1. The highest BCUT2D eigenvalue weighted by Gasteiger charge is 2.33. The van der Waals surface area contributed by atoms with Gasteiger partial charge in [0.25, 0.3) is 5.91 Å². The predicted molar refractivity (Wildman–Crippen MR) is 132 cm³/mol. The van der Waals surface area contributed by atoms with Crippen molar-refractivity contribution in [3.8, 4) is 17.2 Å². The van der Waals surface area contributed by atoms with Crippen LogP contribution < -0.4 is 5.32 Å². The first-order valence-corrected chi connectivity index (χ1v) is 12.6. The smallest absolute Gasteiger partial charge is 0.322 e. The molecule has 0 heterocycles. The first-order chi connectivity index (χ1) is 16.6. The van der Waals surface area contributed by atoms with Crippen LogP contribution in [0.1, 0.15) is 47.8 Å². The monoisotopic (exact) mass is 514 g/mol. The minimum Gasteiger partial charge on any atom is -0.322 e. The Kier molecular flexibility index (Phi) is 7.32. The number of rotatable bonds is 5. The van der Waals surface area contributed by atoms with E-state index in [0.29, 0.717) is 5.56 Å². The van der Waals surface area contributed by atoms with E-state index >= 15 is 0 Å². The summed E-state index contributed by atoms with van der Waals surface area (Å²) < 4.78 is 65.8. The first kappa shape index (κ1) is 27.0. The third kappa shape index (κ3) is 6.13. The number of nitrogens with one attached hydrogen (secondary N) is 1. The average molecular weight is 515 g/mol. The number of anilines is 1. The molecule has 0 aliphatic rings. The highest BCUT2D eigenvalue weighted by Crippen LogP contribution is 2.38. The number of halogens is 3. The second-order valence-corrected chi connectivity index (χ2v) is 11.6. The molecule has 0 radical (unpaired) electrons. The quantitative estimate of drug-likeness (QED) is 0.414. The number of benzene rings is 3. The molecule has 9 heteroatoms. The Labute approximate surface area is 208 Å². The van der Waals surface area contributed by atoms with Crippen LogP contribution in [0, 0.1) is 23.7 Å². The molecular weight excluding hydrogens is 489 g/mol. The van der Waals surface area contributed by atoms with Crippen LogP contribution in [0.2, 0.25) is 0 Å². The predicted octanol–water partition coefficient (Wildman–Crippen LogP) is 6.62. The van der Waals surface area contributed by atoms with Crippen molar-refractivity contribution in [1.82, 2.24) is 0 Å². The molecule has 1 N–H and O–H groups in total. The summed E-state index contributed by atoms with van der Waals surface area (Å²) in [6.45, 7) is 7.07. The molecular formula is C27H25F3N2O3S. The van der Waals surface area contributed by atoms with Gasteiger partial charge in [0.1, 0.15) is 0 Å². The highest BCUT2D eigenvalue weighted by atomic mass is 32.2. The Hall–Kier alpha value is -3.64. The summed E-state index contributed by atoms with van der Waals surface area (Å²) in [7, 11) is -3.55. The van der Waals surface area contributed by atoms with Crippen LogP contribution in [-0.4, -0.2) is 20.1 Å². The fraction of sp³-hybridized carbons (Fsp3) is 0.259. The summed E-state index contributed by atoms with van der Waals surface area (Å²) in [5, 5.41) is 12.2. The third-order valence-electron chi connectivity index (χ3n) is 5.32. The number of alkyl halides is 3. The van der Waals surface area contributed by atoms with Crippen LogP contribution in [0.5, 0.6) is 0 Å². The van der Waals surface area contributed by atoms with Crippen molar-refractivity contribution in [3.63, 3.8) is 0 Å². The van der Waals surface area contributed by atoms with Crippen molar-refractivity contribution in [2.24, 2.45) is 5.41 Å². The Morgan fingerprint density at radius 1 is 0.972 bits per heavy atom. The van der Waals surface area contributed by atoms with Gasteiger partial charge in [0, 0.05) is 16.8 Å². The van der Waals surface area contributed by atoms with Crippen molar-refractivity contribution in [1.29, 1.82) is 5.26 Å². The molecule has 0 bridgehead atoms. The van der Waals surface area contributed by atoms with Crippen molar-refractivity contribution < 1.29 is 26.4 Å². The fourth-order valence-corrected chi connectivity index (χ4v) is 6.03. The Morgan fingerprint density at radius 3 is 2.22 bits per heavy atom. The lowest BCUT2D eigenvalue weighted by atomic mass is 9.95. The molecule has 36 heavy (non-hydrogen) atoms. The third-order valence-corrected chi connectivity index (χ3v) is 7.69. The molecule has 0 unspecified atom stereocenters. The number of hydrogen-bond donors (Lipinski definition) is 1. The number of carbonyl (C=O) groups is 1. The number of amides is 1. The van der Waals surface area contributed by atoms with Crippen molar-refractivity contribution in [2.75, 3.05) is 11.1 Å². The van der Waals surface area contributed by atoms with Gasteiger partial charge in [-0.05, 0) is 59.9 Å². The van der Waals surface area contributed by atoms with Crippen LogP contribution >= 0.6 is 0 Å². The molecule has 0 aromatic heterocycles. The topological polar surface area (TPSA) is 87.0 Å². The molecule has 3 aromatic rings. The van der Waals surface area contributed by atoms with Gasteiger partial charge in [-0.15, -0.1) is 0 Å². The van der Waals surface area contributed by atoms with Gasteiger partial charge in [0.15, 0.2) is 9.84 Å². The van der Waals surface area contributed by atoms with Gasteiger partial charge in [-0.3, -0.25) is 4.79 Å². The summed E-state index contributed by atoms with van der Waals surface area (Å²) >= 11 is 0. The largest absolute Gasteiger partial charge is 0.417 e. The van der Waals surface area contributed by atoms with Crippen LogP contribution in [0.3, 0.4) is 0 Å². The highest BCUT2D eigenvalue weighted by molar-refractivity contribution is 7.91. The van der Waals surface area contributed by atoms with Gasteiger partial charge in [-0.2, -0.15) is 18.4 Å². The van der Waals surface area contributed by atoms with Gasteiger partial charge >= 0.3 is 6.18 Å². The van der Waals surface area contributed by atoms with Gasteiger partial charge in [0.2, 0.25) is 0 Å². The van der Waals surface area contributed by atoms with Crippen molar-refractivity contribution >= 4 is 21.4 Å². The Bertz CT molecular complexity index is 1460. The zero-order valence-corrected chi connectivity index (χ0v) is 21.0. The van der Waals surface area contributed by atoms with Crippen LogP contribution in [0.25, 0.3) is 11.1 Å². The van der Waals surface area contributed by atoms with E-state index in [1.165, 1.54) is 54.6 Å². The molecule has 0 spiro atoms. The van der Waals surface area contributed by atoms with E-state index in [0.717, 1.165) is 6.07 Å². The zero-order chi connectivity index (χ0) is 26.9. The van der Waals surface area contributed by atoms with Gasteiger partial charge < -0.3 is 5.32 Å². The second-order valence-electron chi connectivity index (χ2n) is 9.67. The minimum atomic E-state index is -4.60. The van der Waals surface area contributed by atoms with E-state index in [-0.39, 0.29) is 38.6 Å². The summed E-state index contributed by atoms with van der Waals surface area (Å²) in [4.78, 5) is 13.0. The van der Waals surface area contributed by atoms with Crippen LogP contribution in [-0.2, 0) is 16.0 Å². The maximum absolute atomic E-state index is 13.4. The molecule has 5 nitrogen and oxygen atoms in total. The SMILES string of the molecule is Cc1cc(C(=O)Nc2ccc(-c3ccccc3C(F)(F)F)c(C#N)c2)ccc1S(=O)(=O)CC(C)(C)C. The average Bonchev–Trinajstić information content (AvgIpc) is 2.76. The Balaban J connectivity index is 1.89. The van der Waals surface area contributed by atoms with Crippen LogP contribution in [0.15, 0.2) is 65.6 Å². The maximum atomic E-state index is 13.4. The molecule has 0 saturated heterocycles.